The van der Waals surface area contributed by atoms with E-state index in [0.717, 1.165) is 5.69 Å². The van der Waals surface area contributed by atoms with Gasteiger partial charge in [-0.15, -0.1) is 0 Å². The van der Waals surface area contributed by atoms with Gasteiger partial charge in [0.1, 0.15) is 18.9 Å². The van der Waals surface area contributed by atoms with E-state index in [1.807, 2.05) is 13.8 Å². The predicted molar refractivity (Wildman–Crippen MR) is 76.9 cm³/mol. The Morgan fingerprint density at radius 3 is 2.43 bits per heavy atom. The molecule has 1 aliphatic rings. The van der Waals surface area contributed by atoms with Crippen LogP contribution in [0.3, 0.4) is 0 Å². The number of hydrogen-bond donors (Lipinski definition) is 2. The summed E-state index contributed by atoms with van der Waals surface area (Å²) < 4.78 is 0. The highest BCUT2D eigenvalue weighted by Gasteiger charge is 2.27. The fraction of sp³-hybridized carbons (Fsp3) is 0.429. The van der Waals surface area contributed by atoms with Crippen LogP contribution in [-0.4, -0.2) is 47.7 Å². The lowest BCUT2D eigenvalue weighted by Gasteiger charge is -2.25. The molecule has 1 fully saturated rings. The largest absolute Gasteiger partial charge is 0.373 e. The molecule has 0 aliphatic carbocycles. The number of nitrogens with one attached hydrogen (secondary N) is 2. The molecule has 0 unspecified atom stereocenters. The SMILES string of the molecule is CNc1cc(C(=O)N2CC(=O)NC(=O)C2)cc(C(C)C)n1. The van der Waals surface area contributed by atoms with Gasteiger partial charge >= 0.3 is 0 Å². The minimum Gasteiger partial charge on any atom is -0.373 e. The standard InChI is InChI=1S/C14H18N4O3/c1-8(2)10-4-9(5-11(15-3)16-10)14(21)18-6-12(19)17-13(20)7-18/h4-5,8H,6-7H2,1-3H3,(H,15,16)(H,17,19,20). The number of pyridine rings is 1. The molecule has 1 aliphatic heterocycles. The van der Waals surface area contributed by atoms with E-state index in [1.165, 1.54) is 4.90 Å². The number of carbonyl (C=O) groups is 3. The van der Waals surface area contributed by atoms with Gasteiger partial charge in [0.2, 0.25) is 11.8 Å². The van der Waals surface area contributed by atoms with Gasteiger partial charge in [-0.1, -0.05) is 13.8 Å². The number of amides is 3. The normalized spacial score (nSPS) is 15.1. The molecule has 0 saturated carbocycles. The summed E-state index contributed by atoms with van der Waals surface area (Å²) in [7, 11) is 1.72. The van der Waals surface area contributed by atoms with Crippen LogP contribution < -0.4 is 10.6 Å². The van der Waals surface area contributed by atoms with E-state index in [0.29, 0.717) is 11.4 Å². The molecule has 1 aromatic heterocycles. The third kappa shape index (κ3) is 3.36. The van der Waals surface area contributed by atoms with Crippen LogP contribution in [0.15, 0.2) is 12.1 Å². The Bertz CT molecular complexity index is 582. The van der Waals surface area contributed by atoms with Gasteiger partial charge in [0, 0.05) is 18.3 Å². The lowest BCUT2D eigenvalue weighted by Crippen LogP contribution is -2.53. The fourth-order valence-electron chi connectivity index (χ4n) is 2.06. The molecule has 0 aromatic carbocycles. The molecular formula is C14H18N4O3. The van der Waals surface area contributed by atoms with Crippen molar-refractivity contribution in [3.63, 3.8) is 0 Å². The maximum atomic E-state index is 12.5. The van der Waals surface area contributed by atoms with Crippen LogP contribution in [-0.2, 0) is 9.59 Å². The number of hydrogen-bond acceptors (Lipinski definition) is 5. The Morgan fingerprint density at radius 1 is 1.29 bits per heavy atom. The average Bonchev–Trinajstić information content (AvgIpc) is 2.44. The van der Waals surface area contributed by atoms with Crippen molar-refractivity contribution in [2.45, 2.75) is 19.8 Å². The predicted octanol–water partition coefficient (Wildman–Crippen LogP) is 0.345. The highest BCUT2D eigenvalue weighted by molar-refractivity contribution is 6.05. The maximum absolute atomic E-state index is 12.5. The Kier molecular flexibility index (Phi) is 4.21. The second-order valence-corrected chi connectivity index (χ2v) is 5.20. The molecule has 0 radical (unpaired) electrons. The van der Waals surface area contributed by atoms with Gasteiger partial charge in [-0.25, -0.2) is 4.98 Å². The average molecular weight is 290 g/mol. The van der Waals surface area contributed by atoms with Crippen LogP contribution in [0.25, 0.3) is 0 Å². The van der Waals surface area contributed by atoms with Crippen molar-refractivity contribution >= 4 is 23.5 Å². The van der Waals surface area contributed by atoms with E-state index in [-0.39, 0.29) is 24.9 Å². The van der Waals surface area contributed by atoms with Gasteiger partial charge in [-0.05, 0) is 18.1 Å². The van der Waals surface area contributed by atoms with Crippen molar-refractivity contribution in [2.75, 3.05) is 25.5 Å². The summed E-state index contributed by atoms with van der Waals surface area (Å²) in [6, 6.07) is 3.32. The lowest BCUT2D eigenvalue weighted by atomic mass is 10.1. The number of carbonyl (C=O) groups excluding carboxylic acids is 3. The molecule has 2 N–H and O–H groups in total. The molecule has 0 atom stereocenters. The summed E-state index contributed by atoms with van der Waals surface area (Å²) >= 11 is 0. The Balaban J connectivity index is 2.31. The van der Waals surface area contributed by atoms with Crippen LogP contribution in [0.1, 0.15) is 35.8 Å². The van der Waals surface area contributed by atoms with Crippen LogP contribution >= 0.6 is 0 Å². The van der Waals surface area contributed by atoms with E-state index in [2.05, 4.69) is 15.6 Å². The lowest BCUT2D eigenvalue weighted by molar-refractivity contribution is -0.135. The van der Waals surface area contributed by atoms with E-state index < -0.39 is 11.8 Å². The molecule has 21 heavy (non-hydrogen) atoms. The summed E-state index contributed by atoms with van der Waals surface area (Å²) in [5.41, 5.74) is 1.19. The zero-order chi connectivity index (χ0) is 15.6. The van der Waals surface area contributed by atoms with Gasteiger partial charge in [-0.3, -0.25) is 19.7 Å². The molecule has 2 rings (SSSR count). The summed E-state index contributed by atoms with van der Waals surface area (Å²) in [6.07, 6.45) is 0. The third-order valence-corrected chi connectivity index (χ3v) is 3.17. The van der Waals surface area contributed by atoms with Crippen LogP contribution in [0, 0.1) is 0 Å². The van der Waals surface area contributed by atoms with Crippen molar-refractivity contribution in [3.8, 4) is 0 Å². The first-order valence-electron chi connectivity index (χ1n) is 6.72. The van der Waals surface area contributed by atoms with Gasteiger partial charge in [0.15, 0.2) is 0 Å². The zero-order valence-electron chi connectivity index (χ0n) is 12.3. The number of anilines is 1. The van der Waals surface area contributed by atoms with Gasteiger partial charge in [0.05, 0.1) is 0 Å². The van der Waals surface area contributed by atoms with Gasteiger partial charge < -0.3 is 10.2 Å². The van der Waals surface area contributed by atoms with Gasteiger partial charge in [0.25, 0.3) is 5.91 Å². The Hall–Kier alpha value is -2.44. The number of nitrogens with zero attached hydrogens (tertiary/aromatic N) is 2. The fourth-order valence-corrected chi connectivity index (χ4v) is 2.06. The van der Waals surface area contributed by atoms with Crippen molar-refractivity contribution < 1.29 is 14.4 Å². The molecule has 112 valence electrons. The molecule has 1 aromatic rings. The maximum Gasteiger partial charge on any atom is 0.254 e. The molecule has 7 heteroatoms. The molecular weight excluding hydrogens is 272 g/mol. The Labute approximate surface area is 122 Å². The number of piperazine rings is 1. The highest BCUT2D eigenvalue weighted by Crippen LogP contribution is 2.19. The molecule has 0 bridgehead atoms. The van der Waals surface area contributed by atoms with E-state index >= 15 is 0 Å². The Morgan fingerprint density at radius 2 is 1.90 bits per heavy atom. The molecule has 2 heterocycles. The number of aromatic nitrogens is 1. The first kappa shape index (κ1) is 15.0. The van der Waals surface area contributed by atoms with Gasteiger partial charge in [-0.2, -0.15) is 0 Å². The van der Waals surface area contributed by atoms with Crippen LogP contribution in [0.2, 0.25) is 0 Å². The first-order chi connectivity index (χ1) is 9.90. The van der Waals surface area contributed by atoms with Crippen molar-refractivity contribution in [2.24, 2.45) is 0 Å². The quantitative estimate of drug-likeness (QED) is 0.784. The summed E-state index contributed by atoms with van der Waals surface area (Å²) in [6.45, 7) is 3.74. The topological polar surface area (TPSA) is 91.4 Å². The van der Waals surface area contributed by atoms with Crippen molar-refractivity contribution in [1.29, 1.82) is 0 Å². The molecule has 7 nitrogen and oxygen atoms in total. The molecule has 1 saturated heterocycles. The van der Waals surface area contributed by atoms with Crippen LogP contribution in [0.4, 0.5) is 5.82 Å². The number of imide groups is 1. The summed E-state index contributed by atoms with van der Waals surface area (Å²) in [4.78, 5) is 40.8. The van der Waals surface area contributed by atoms with Crippen LogP contribution in [0.5, 0.6) is 0 Å². The minimum absolute atomic E-state index is 0.112. The molecule has 0 spiro atoms. The monoisotopic (exact) mass is 290 g/mol. The van der Waals surface area contributed by atoms with E-state index in [4.69, 9.17) is 0 Å². The highest BCUT2D eigenvalue weighted by atomic mass is 16.2. The zero-order valence-corrected chi connectivity index (χ0v) is 12.3. The smallest absolute Gasteiger partial charge is 0.254 e. The second kappa shape index (κ2) is 5.90. The number of rotatable bonds is 3. The summed E-state index contributed by atoms with van der Waals surface area (Å²) in [5, 5.41) is 5.08. The van der Waals surface area contributed by atoms with E-state index in [1.54, 1.807) is 19.2 Å². The first-order valence-corrected chi connectivity index (χ1v) is 6.72. The molecule has 3 amide bonds. The van der Waals surface area contributed by atoms with E-state index in [9.17, 15) is 14.4 Å². The minimum atomic E-state index is -0.466. The van der Waals surface area contributed by atoms with Crippen molar-refractivity contribution in [1.82, 2.24) is 15.2 Å². The third-order valence-electron chi connectivity index (χ3n) is 3.17. The summed E-state index contributed by atoms with van der Waals surface area (Å²) in [5.74, 6) is -0.536. The second-order valence-electron chi connectivity index (χ2n) is 5.20. The van der Waals surface area contributed by atoms with Crippen molar-refractivity contribution in [3.05, 3.63) is 23.4 Å².